The summed E-state index contributed by atoms with van der Waals surface area (Å²) in [6.07, 6.45) is -0.362. The highest BCUT2D eigenvalue weighted by Crippen LogP contribution is 2.43. The third kappa shape index (κ3) is 4.97. The lowest BCUT2D eigenvalue weighted by molar-refractivity contribution is 0.663. The average Bonchev–Trinajstić information content (AvgIpc) is 3.96. The van der Waals surface area contributed by atoms with Crippen molar-refractivity contribution in [1.82, 2.24) is 9.88 Å². The Kier molecular flexibility index (Phi) is 6.89. The molecule has 0 saturated heterocycles. The van der Waals surface area contributed by atoms with Crippen molar-refractivity contribution in [1.29, 1.82) is 0 Å². The molecule has 57 heavy (non-hydrogen) atoms. The van der Waals surface area contributed by atoms with Gasteiger partial charge in [-0.15, -0.1) is 0 Å². The Hall–Kier alpha value is -7.70. The molecule has 1 aliphatic rings. The van der Waals surface area contributed by atoms with Gasteiger partial charge in [0, 0.05) is 55.2 Å². The first-order chi connectivity index (χ1) is 28.2. The van der Waals surface area contributed by atoms with Gasteiger partial charge in [-0.25, -0.2) is 9.98 Å². The monoisotopic (exact) mass is 732 g/mol. The van der Waals surface area contributed by atoms with Gasteiger partial charge in [-0.3, -0.25) is 0 Å². The predicted octanol–water partition coefficient (Wildman–Crippen LogP) is 12.7. The number of nitrogens with zero attached hydrogens (tertiary/aromatic N) is 3. The van der Waals surface area contributed by atoms with Crippen LogP contribution in [0.5, 0.6) is 0 Å². The van der Waals surface area contributed by atoms with Crippen molar-refractivity contribution in [2.75, 3.05) is 0 Å². The van der Waals surface area contributed by atoms with E-state index in [-0.39, 0.29) is 6.17 Å². The normalized spacial score (nSPS) is 14.5. The first-order valence-corrected chi connectivity index (χ1v) is 19.2. The molecule has 0 radical (unpaired) electrons. The molecule has 4 heterocycles. The molecule has 1 atom stereocenters. The molecule has 0 fully saturated rings. The molecular weight excluding hydrogens is 701 g/mol. The van der Waals surface area contributed by atoms with Gasteiger partial charge in [0.2, 0.25) is 0 Å². The number of furan rings is 2. The van der Waals surface area contributed by atoms with E-state index >= 15 is 0 Å². The molecule has 0 spiro atoms. The molecule has 6 nitrogen and oxygen atoms in total. The summed E-state index contributed by atoms with van der Waals surface area (Å²) in [6, 6.07) is 63.2. The fourth-order valence-electron chi connectivity index (χ4n) is 8.70. The molecule has 6 heteroatoms. The van der Waals surface area contributed by atoms with Crippen LogP contribution in [-0.2, 0) is 0 Å². The smallest absolute Gasteiger partial charge is 0.159 e. The van der Waals surface area contributed by atoms with Crippen LogP contribution in [0.4, 0.5) is 0 Å². The Balaban J connectivity index is 1.01. The molecule has 1 unspecified atom stereocenters. The molecule has 1 N–H and O–H groups in total. The number of rotatable bonds is 5. The molecule has 0 aliphatic carbocycles. The Morgan fingerprint density at radius 1 is 0.456 bits per heavy atom. The van der Waals surface area contributed by atoms with Crippen LogP contribution >= 0.6 is 0 Å². The van der Waals surface area contributed by atoms with E-state index < -0.39 is 0 Å². The lowest BCUT2D eigenvalue weighted by atomic mass is 9.95. The van der Waals surface area contributed by atoms with Crippen molar-refractivity contribution < 1.29 is 8.83 Å². The average molecular weight is 733 g/mol. The second-order valence-electron chi connectivity index (χ2n) is 14.6. The van der Waals surface area contributed by atoms with Crippen molar-refractivity contribution >= 4 is 77.4 Å². The molecule has 11 aromatic rings. The molecule has 1 aliphatic heterocycles. The van der Waals surface area contributed by atoms with Crippen molar-refractivity contribution in [3.8, 4) is 16.8 Å². The summed E-state index contributed by atoms with van der Waals surface area (Å²) < 4.78 is 15.5. The van der Waals surface area contributed by atoms with Gasteiger partial charge in [-0.2, -0.15) is 0 Å². The number of hydrogen-bond acceptors (Lipinski definition) is 5. The number of nitrogens with one attached hydrogen (secondary N) is 1. The van der Waals surface area contributed by atoms with E-state index in [2.05, 4.69) is 155 Å². The zero-order valence-corrected chi connectivity index (χ0v) is 30.6. The van der Waals surface area contributed by atoms with E-state index in [0.29, 0.717) is 5.84 Å². The van der Waals surface area contributed by atoms with Crippen LogP contribution < -0.4 is 5.32 Å². The Labute approximate surface area is 326 Å². The van der Waals surface area contributed by atoms with Crippen molar-refractivity contribution in [2.45, 2.75) is 6.17 Å². The van der Waals surface area contributed by atoms with E-state index in [9.17, 15) is 0 Å². The second kappa shape index (κ2) is 12.4. The molecule has 0 amide bonds. The van der Waals surface area contributed by atoms with Crippen LogP contribution in [0.1, 0.15) is 22.9 Å². The van der Waals surface area contributed by atoms with E-state index in [1.165, 1.54) is 21.8 Å². The van der Waals surface area contributed by atoms with Gasteiger partial charge in [-0.1, -0.05) is 127 Å². The first-order valence-electron chi connectivity index (χ1n) is 19.2. The van der Waals surface area contributed by atoms with Crippen LogP contribution in [0.3, 0.4) is 0 Å². The third-order valence-electron chi connectivity index (χ3n) is 11.3. The molecule has 12 rings (SSSR count). The van der Waals surface area contributed by atoms with E-state index in [1.807, 2.05) is 36.4 Å². The minimum Gasteiger partial charge on any atom is -0.456 e. The molecule has 0 saturated carbocycles. The van der Waals surface area contributed by atoms with E-state index in [1.54, 1.807) is 0 Å². The summed E-state index contributed by atoms with van der Waals surface area (Å²) in [5, 5.41) is 10.3. The number of benzene rings is 8. The Bertz CT molecular complexity index is 3390. The van der Waals surface area contributed by atoms with Gasteiger partial charge in [0.15, 0.2) is 5.84 Å². The summed E-state index contributed by atoms with van der Waals surface area (Å²) in [5.74, 6) is 1.47. The maximum atomic E-state index is 6.68. The molecule has 3 aromatic heterocycles. The van der Waals surface area contributed by atoms with Gasteiger partial charge in [-0.05, 0) is 65.2 Å². The number of amidine groups is 2. The quantitative estimate of drug-likeness (QED) is 0.192. The number of hydrogen-bond donors (Lipinski definition) is 1. The third-order valence-corrected chi connectivity index (χ3v) is 11.3. The van der Waals surface area contributed by atoms with Gasteiger partial charge in [0.05, 0.1) is 11.0 Å². The number of fused-ring (bicyclic) bond motifs is 9. The minimum atomic E-state index is -0.362. The fourth-order valence-corrected chi connectivity index (χ4v) is 8.70. The summed E-state index contributed by atoms with van der Waals surface area (Å²) >= 11 is 0. The lowest BCUT2D eigenvalue weighted by Crippen LogP contribution is -2.33. The van der Waals surface area contributed by atoms with Gasteiger partial charge in [0.25, 0.3) is 0 Å². The standard InChI is InChI=1S/C51H32N4O2/c1-3-13-31(14-4-1)49-52-50(32-15-5-2-6-16-32)54-51(53-49)33-25-28-43-40(29-33)48-38(20-12-24-45(48)56-43)37-19-11-23-44-47(37)39-27-26-34(30-46(39)57-44)55-41-21-9-7-17-35(41)36-18-8-10-22-42(36)55/h1-30,51H,(H,52,53,54). The van der Waals surface area contributed by atoms with Crippen molar-refractivity contribution in [2.24, 2.45) is 9.98 Å². The van der Waals surface area contributed by atoms with E-state index in [4.69, 9.17) is 18.8 Å². The highest BCUT2D eigenvalue weighted by Gasteiger charge is 2.24. The molecule has 268 valence electrons. The highest BCUT2D eigenvalue weighted by atomic mass is 16.3. The summed E-state index contributed by atoms with van der Waals surface area (Å²) in [7, 11) is 0. The van der Waals surface area contributed by atoms with Crippen LogP contribution in [0, 0.1) is 0 Å². The van der Waals surface area contributed by atoms with Gasteiger partial charge >= 0.3 is 0 Å². The second-order valence-corrected chi connectivity index (χ2v) is 14.6. The predicted molar refractivity (Wildman–Crippen MR) is 233 cm³/mol. The molecule has 8 aromatic carbocycles. The van der Waals surface area contributed by atoms with Gasteiger partial charge < -0.3 is 18.7 Å². The van der Waals surface area contributed by atoms with Crippen LogP contribution in [-0.4, -0.2) is 16.2 Å². The van der Waals surface area contributed by atoms with E-state index in [0.717, 1.165) is 83.2 Å². The molecule has 0 bridgehead atoms. The number of aromatic nitrogens is 1. The lowest BCUT2D eigenvalue weighted by Gasteiger charge is -2.23. The SMILES string of the molecule is c1ccc(C2=NC(c3ccc4oc5cccc(-c6cccc7oc8cc(-n9c%10ccccc%10c%10ccccc%109)ccc8c67)c5c4c3)NC(c3ccccc3)=N2)cc1. The Morgan fingerprint density at radius 2 is 1.07 bits per heavy atom. The summed E-state index contributed by atoms with van der Waals surface area (Å²) in [6.45, 7) is 0. The van der Waals surface area contributed by atoms with Gasteiger partial charge in [0.1, 0.15) is 34.3 Å². The zero-order chi connectivity index (χ0) is 37.5. The first kappa shape index (κ1) is 31.6. The number of para-hydroxylation sites is 2. The summed E-state index contributed by atoms with van der Waals surface area (Å²) in [4.78, 5) is 10.1. The Morgan fingerprint density at radius 3 is 1.77 bits per heavy atom. The van der Waals surface area contributed by atoms with Crippen LogP contribution in [0.25, 0.3) is 82.5 Å². The van der Waals surface area contributed by atoms with Crippen molar-refractivity contribution in [3.63, 3.8) is 0 Å². The highest BCUT2D eigenvalue weighted by molar-refractivity contribution is 6.20. The fraction of sp³-hybridized carbons (Fsp3) is 0.0196. The zero-order valence-electron chi connectivity index (χ0n) is 30.6. The topological polar surface area (TPSA) is 68.0 Å². The number of aliphatic imine (C=N–C) groups is 2. The largest absolute Gasteiger partial charge is 0.456 e. The maximum absolute atomic E-state index is 6.68. The maximum Gasteiger partial charge on any atom is 0.159 e. The van der Waals surface area contributed by atoms with Crippen LogP contribution in [0.2, 0.25) is 0 Å². The minimum absolute atomic E-state index is 0.362. The summed E-state index contributed by atoms with van der Waals surface area (Å²) in [5.41, 5.74) is 11.9. The molecular formula is C51H32N4O2. The van der Waals surface area contributed by atoms with Crippen LogP contribution in [0.15, 0.2) is 201 Å². The van der Waals surface area contributed by atoms with Crippen molar-refractivity contribution in [3.05, 3.63) is 199 Å².